The van der Waals surface area contributed by atoms with Crippen LogP contribution < -0.4 is 10.1 Å². The van der Waals surface area contributed by atoms with Gasteiger partial charge >= 0.3 is 12.0 Å². The summed E-state index contributed by atoms with van der Waals surface area (Å²) in [6.07, 6.45) is 5.38. The van der Waals surface area contributed by atoms with E-state index in [0.29, 0.717) is 22.7 Å². The average Bonchev–Trinajstić information content (AvgIpc) is 3.35. The minimum absolute atomic E-state index is 0.162. The van der Waals surface area contributed by atoms with Gasteiger partial charge in [0.15, 0.2) is 0 Å². The Kier molecular flexibility index (Phi) is 6.73. The van der Waals surface area contributed by atoms with Crippen LogP contribution >= 0.6 is 0 Å². The monoisotopic (exact) mass is 487 g/mol. The van der Waals surface area contributed by atoms with E-state index in [-0.39, 0.29) is 17.9 Å². The van der Waals surface area contributed by atoms with Gasteiger partial charge in [0.2, 0.25) is 0 Å². The molecule has 0 bridgehead atoms. The average molecular weight is 488 g/mol. The van der Waals surface area contributed by atoms with Crippen LogP contribution in [0.5, 0.6) is 11.8 Å². The summed E-state index contributed by atoms with van der Waals surface area (Å²) in [7, 11) is 0. The van der Waals surface area contributed by atoms with Gasteiger partial charge in [0.1, 0.15) is 11.6 Å². The Balaban J connectivity index is 1.49. The van der Waals surface area contributed by atoms with Crippen molar-refractivity contribution in [3.8, 4) is 34.4 Å². The molecule has 3 heterocycles. The highest BCUT2D eigenvalue weighted by molar-refractivity contribution is 5.77. The number of imidazole rings is 1. The van der Waals surface area contributed by atoms with Gasteiger partial charge in [-0.2, -0.15) is 4.98 Å². The summed E-state index contributed by atoms with van der Waals surface area (Å²) >= 11 is 0. The molecular formula is C27H26FN5O3. The Hall–Kier alpha value is -4.11. The lowest BCUT2D eigenvalue weighted by Crippen LogP contribution is -2.29. The number of aromatic nitrogens is 4. The number of carbonyl (C=O) groups is 1. The molecule has 1 saturated heterocycles. The number of hydrogen-bond acceptors (Lipinski definition) is 6. The summed E-state index contributed by atoms with van der Waals surface area (Å²) in [6, 6.07) is 15.3. The third-order valence-electron chi connectivity index (χ3n) is 6.45. The van der Waals surface area contributed by atoms with E-state index in [1.54, 1.807) is 49.5 Å². The maximum Gasteiger partial charge on any atom is 0.322 e. The van der Waals surface area contributed by atoms with Crippen LogP contribution in [-0.2, 0) is 4.79 Å². The molecule has 2 N–H and O–H groups in total. The van der Waals surface area contributed by atoms with Crippen molar-refractivity contribution >= 4 is 5.97 Å². The van der Waals surface area contributed by atoms with Crippen molar-refractivity contribution in [2.75, 3.05) is 13.1 Å². The Morgan fingerprint density at radius 2 is 1.81 bits per heavy atom. The van der Waals surface area contributed by atoms with Crippen LogP contribution in [0.4, 0.5) is 4.39 Å². The highest BCUT2D eigenvalue weighted by Gasteiger charge is 2.24. The molecule has 1 fully saturated rings. The van der Waals surface area contributed by atoms with E-state index in [0.717, 1.165) is 37.2 Å². The molecule has 0 saturated carbocycles. The van der Waals surface area contributed by atoms with Gasteiger partial charge in [-0.25, -0.2) is 14.4 Å². The number of carboxylic acids is 1. The molecule has 1 unspecified atom stereocenters. The van der Waals surface area contributed by atoms with Crippen LogP contribution in [0.1, 0.15) is 37.3 Å². The molecule has 0 aliphatic carbocycles. The van der Waals surface area contributed by atoms with E-state index in [1.807, 2.05) is 12.4 Å². The van der Waals surface area contributed by atoms with Gasteiger partial charge in [-0.05, 0) is 80.9 Å². The fourth-order valence-electron chi connectivity index (χ4n) is 4.39. The number of nitrogens with zero attached hydrogens (tertiary/aromatic N) is 4. The van der Waals surface area contributed by atoms with Crippen molar-refractivity contribution in [3.63, 3.8) is 0 Å². The summed E-state index contributed by atoms with van der Waals surface area (Å²) in [6.45, 7) is 3.47. The number of piperidine rings is 1. The molecule has 2 aromatic heterocycles. The molecular weight excluding hydrogens is 461 g/mol. The van der Waals surface area contributed by atoms with Crippen LogP contribution in [0.3, 0.4) is 0 Å². The molecule has 9 heteroatoms. The fraction of sp³-hybridized carbons (Fsp3) is 0.259. The zero-order valence-electron chi connectivity index (χ0n) is 19.8. The number of nitrogens with one attached hydrogen (secondary N) is 1. The van der Waals surface area contributed by atoms with Crippen LogP contribution in [-0.4, -0.2) is 43.7 Å². The van der Waals surface area contributed by atoms with Crippen LogP contribution in [0, 0.1) is 5.82 Å². The molecule has 0 amide bonds. The number of carboxylic acid groups (broad SMARTS) is 1. The van der Waals surface area contributed by atoms with Crippen LogP contribution in [0.15, 0.2) is 67.1 Å². The summed E-state index contributed by atoms with van der Waals surface area (Å²) in [5.41, 5.74) is 3.66. The first-order valence-corrected chi connectivity index (χ1v) is 11.9. The molecule has 0 spiro atoms. The van der Waals surface area contributed by atoms with E-state index in [4.69, 9.17) is 9.72 Å². The van der Waals surface area contributed by atoms with E-state index < -0.39 is 11.9 Å². The van der Waals surface area contributed by atoms with Gasteiger partial charge in [0.05, 0.1) is 29.3 Å². The second-order valence-electron chi connectivity index (χ2n) is 8.79. The molecule has 2 aromatic carbocycles. The second kappa shape index (κ2) is 10.2. The minimum atomic E-state index is -0.887. The second-order valence-corrected chi connectivity index (χ2v) is 8.79. The lowest BCUT2D eigenvalue weighted by atomic mass is 10.0. The van der Waals surface area contributed by atoms with E-state index in [1.165, 1.54) is 12.1 Å². The topological polar surface area (TPSA) is 102 Å². The van der Waals surface area contributed by atoms with Crippen molar-refractivity contribution in [2.24, 2.45) is 0 Å². The van der Waals surface area contributed by atoms with Crippen molar-refractivity contribution in [1.82, 2.24) is 24.8 Å². The van der Waals surface area contributed by atoms with E-state index in [9.17, 15) is 14.3 Å². The quantitative estimate of drug-likeness (QED) is 0.376. The van der Waals surface area contributed by atoms with Gasteiger partial charge in [-0.15, -0.1) is 0 Å². The SMILES string of the molecule is CC(C(=O)O)c1ccc(Oc2nccc(-c3c(-c4ccc(F)cc4)ncn3C3CCNCC3)n2)cc1. The van der Waals surface area contributed by atoms with Gasteiger partial charge in [-0.1, -0.05) is 12.1 Å². The van der Waals surface area contributed by atoms with Gasteiger partial charge in [0, 0.05) is 17.8 Å². The maximum atomic E-state index is 13.6. The first-order chi connectivity index (χ1) is 17.5. The standard InChI is InChI=1S/C27H26FN5O3/c1-17(26(34)35)18-4-8-22(9-5-18)36-27-30-15-12-23(32-27)25-24(19-2-6-20(28)7-3-19)31-16-33(25)21-10-13-29-14-11-21/h2-9,12,15-17,21,29H,10-11,13-14H2,1H3,(H,34,35). The predicted molar refractivity (Wildman–Crippen MR) is 132 cm³/mol. The summed E-state index contributed by atoms with van der Waals surface area (Å²) in [5.74, 6) is -1.31. The lowest BCUT2D eigenvalue weighted by Gasteiger charge is -2.25. The summed E-state index contributed by atoms with van der Waals surface area (Å²) < 4.78 is 21.6. The fourth-order valence-corrected chi connectivity index (χ4v) is 4.39. The molecule has 4 aromatic rings. The van der Waals surface area contributed by atoms with Crippen molar-refractivity contribution in [2.45, 2.75) is 31.7 Å². The van der Waals surface area contributed by atoms with Crippen molar-refractivity contribution in [1.29, 1.82) is 0 Å². The summed E-state index contributed by atoms with van der Waals surface area (Å²) in [4.78, 5) is 24.9. The third-order valence-corrected chi connectivity index (χ3v) is 6.45. The van der Waals surface area contributed by atoms with Crippen molar-refractivity contribution in [3.05, 3.63) is 78.5 Å². The number of hydrogen-bond donors (Lipinski definition) is 2. The number of halogens is 1. The molecule has 5 rings (SSSR count). The van der Waals surface area contributed by atoms with Gasteiger partial charge in [-0.3, -0.25) is 4.79 Å². The highest BCUT2D eigenvalue weighted by Crippen LogP contribution is 2.35. The molecule has 8 nitrogen and oxygen atoms in total. The third kappa shape index (κ3) is 4.96. The molecule has 184 valence electrons. The van der Waals surface area contributed by atoms with E-state index >= 15 is 0 Å². The number of ether oxygens (including phenoxy) is 1. The zero-order valence-corrected chi connectivity index (χ0v) is 19.8. The van der Waals surface area contributed by atoms with Crippen molar-refractivity contribution < 1.29 is 19.0 Å². The Morgan fingerprint density at radius 1 is 1.08 bits per heavy atom. The maximum absolute atomic E-state index is 13.6. The van der Waals surface area contributed by atoms with Gasteiger partial charge in [0.25, 0.3) is 0 Å². The zero-order chi connectivity index (χ0) is 25.1. The van der Waals surface area contributed by atoms with E-state index in [2.05, 4.69) is 19.9 Å². The largest absolute Gasteiger partial charge is 0.481 e. The first-order valence-electron chi connectivity index (χ1n) is 11.9. The molecule has 1 aliphatic rings. The van der Waals surface area contributed by atoms with Gasteiger partial charge < -0.3 is 19.7 Å². The number of rotatable bonds is 7. The molecule has 1 atom stereocenters. The van der Waals surface area contributed by atoms with Crippen LogP contribution in [0.25, 0.3) is 22.6 Å². The highest BCUT2D eigenvalue weighted by atomic mass is 19.1. The molecule has 0 radical (unpaired) electrons. The Morgan fingerprint density at radius 3 is 2.50 bits per heavy atom. The normalized spacial score (nSPS) is 14.9. The molecule has 36 heavy (non-hydrogen) atoms. The minimum Gasteiger partial charge on any atom is -0.481 e. The molecule has 1 aliphatic heterocycles. The smallest absolute Gasteiger partial charge is 0.322 e. The Bertz CT molecular complexity index is 1350. The summed E-state index contributed by atoms with van der Waals surface area (Å²) in [5, 5.41) is 12.6. The predicted octanol–water partition coefficient (Wildman–Crippen LogP) is 5.05. The lowest BCUT2D eigenvalue weighted by molar-refractivity contribution is -0.138. The number of aliphatic carboxylic acids is 1. The van der Waals surface area contributed by atoms with Crippen LogP contribution in [0.2, 0.25) is 0 Å². The Labute approximate surface area is 207 Å². The number of benzene rings is 2. The first kappa shape index (κ1) is 23.6.